The van der Waals surface area contributed by atoms with Gasteiger partial charge >= 0.3 is 5.69 Å². The van der Waals surface area contributed by atoms with Gasteiger partial charge in [0.15, 0.2) is 11.2 Å². The highest BCUT2D eigenvalue weighted by Gasteiger charge is 2.27. The number of pyridine rings is 1. The summed E-state index contributed by atoms with van der Waals surface area (Å²) in [6.07, 6.45) is 3.35. The molecule has 0 aliphatic carbocycles. The molecule has 37 heavy (non-hydrogen) atoms. The molecule has 1 atom stereocenters. The number of nitrogens with zero attached hydrogens (tertiary/aromatic N) is 7. The van der Waals surface area contributed by atoms with Crippen LogP contribution in [0.3, 0.4) is 0 Å². The van der Waals surface area contributed by atoms with E-state index < -0.39 is 11.2 Å². The third-order valence-corrected chi connectivity index (χ3v) is 6.50. The molecule has 0 amide bonds. The third kappa shape index (κ3) is 4.39. The molecule has 1 saturated heterocycles. The van der Waals surface area contributed by atoms with Crippen molar-refractivity contribution in [1.29, 1.82) is 5.26 Å². The van der Waals surface area contributed by atoms with E-state index >= 15 is 0 Å². The number of hydrogen-bond acceptors (Lipinski definition) is 7. The van der Waals surface area contributed by atoms with Crippen LogP contribution in [0.25, 0.3) is 16.9 Å². The predicted octanol–water partition coefficient (Wildman–Crippen LogP) is 1.61. The standard InChI is InChI=1S/C27H26N8O2/c1-2-3-15-33-23-24(31-26(33)32-14-8-10-20(29)17-32)35(21-11-5-4-6-12-21)27(37)34(25(23)36)18-22-19(16-28)9-7-13-30-22/h4-7,9,11-13,20H,8,10,14-15,17-18,29H2,1H3/t20-/m1/s1. The number of benzene rings is 1. The Hall–Kier alpha value is -4.67. The molecule has 0 saturated carbocycles. The average molecular weight is 495 g/mol. The Balaban J connectivity index is 1.84. The first-order valence-corrected chi connectivity index (χ1v) is 12.1. The van der Waals surface area contributed by atoms with Gasteiger partial charge in [0.25, 0.3) is 5.56 Å². The molecule has 0 bridgehead atoms. The second-order valence-corrected chi connectivity index (χ2v) is 8.90. The number of rotatable bonds is 5. The van der Waals surface area contributed by atoms with Gasteiger partial charge in [0.1, 0.15) is 6.07 Å². The van der Waals surface area contributed by atoms with Crippen molar-refractivity contribution < 1.29 is 0 Å². The Bertz CT molecular complexity index is 1680. The number of anilines is 1. The van der Waals surface area contributed by atoms with E-state index in [1.807, 2.05) is 18.2 Å². The van der Waals surface area contributed by atoms with E-state index in [-0.39, 0.29) is 30.3 Å². The minimum Gasteiger partial charge on any atom is -0.341 e. The monoisotopic (exact) mass is 494 g/mol. The lowest BCUT2D eigenvalue weighted by Gasteiger charge is -2.31. The first-order valence-electron chi connectivity index (χ1n) is 12.1. The van der Waals surface area contributed by atoms with E-state index in [0.717, 1.165) is 24.0 Å². The number of hydrogen-bond donors (Lipinski definition) is 1. The summed E-state index contributed by atoms with van der Waals surface area (Å²) in [5.74, 6) is 6.49. The number of aromatic nitrogens is 5. The van der Waals surface area contributed by atoms with Crippen molar-refractivity contribution >= 4 is 17.1 Å². The minimum atomic E-state index is -0.564. The molecule has 1 fully saturated rings. The molecule has 4 heterocycles. The van der Waals surface area contributed by atoms with E-state index in [0.29, 0.717) is 29.4 Å². The van der Waals surface area contributed by atoms with Crippen LogP contribution < -0.4 is 21.9 Å². The lowest BCUT2D eigenvalue weighted by molar-refractivity contribution is 0.496. The summed E-state index contributed by atoms with van der Waals surface area (Å²) in [7, 11) is 0. The van der Waals surface area contributed by atoms with Crippen molar-refractivity contribution in [3.8, 4) is 23.6 Å². The number of nitriles is 1. The summed E-state index contributed by atoms with van der Waals surface area (Å²) >= 11 is 0. The maximum absolute atomic E-state index is 14.0. The predicted molar refractivity (Wildman–Crippen MR) is 141 cm³/mol. The van der Waals surface area contributed by atoms with Gasteiger partial charge in [-0.05, 0) is 44.0 Å². The van der Waals surface area contributed by atoms with Crippen LogP contribution in [-0.4, -0.2) is 42.8 Å². The van der Waals surface area contributed by atoms with Crippen LogP contribution in [0.4, 0.5) is 5.95 Å². The van der Waals surface area contributed by atoms with E-state index in [4.69, 9.17) is 10.7 Å². The zero-order chi connectivity index (χ0) is 25.9. The zero-order valence-corrected chi connectivity index (χ0v) is 20.5. The van der Waals surface area contributed by atoms with Crippen molar-refractivity contribution in [1.82, 2.24) is 23.7 Å². The SMILES string of the molecule is CC#CCn1c(N2CCC[C@@H](N)C2)nc2c1c(=O)n(Cc1ncccc1C#N)c(=O)n2-c1ccccc1. The highest BCUT2D eigenvalue weighted by molar-refractivity contribution is 5.76. The number of fused-ring (bicyclic) bond motifs is 1. The molecule has 0 unspecified atom stereocenters. The topological polar surface area (TPSA) is 128 Å². The Morgan fingerprint density at radius 1 is 1.14 bits per heavy atom. The van der Waals surface area contributed by atoms with Crippen molar-refractivity contribution in [2.75, 3.05) is 18.0 Å². The summed E-state index contributed by atoms with van der Waals surface area (Å²) in [5.41, 5.74) is 6.90. The van der Waals surface area contributed by atoms with Crippen LogP contribution >= 0.6 is 0 Å². The maximum atomic E-state index is 14.0. The third-order valence-electron chi connectivity index (χ3n) is 6.50. The molecule has 3 aromatic heterocycles. The van der Waals surface area contributed by atoms with E-state index in [2.05, 4.69) is 27.8 Å². The van der Waals surface area contributed by atoms with E-state index in [1.54, 1.807) is 35.8 Å². The van der Waals surface area contributed by atoms with Crippen LogP contribution in [-0.2, 0) is 13.1 Å². The summed E-state index contributed by atoms with van der Waals surface area (Å²) in [6.45, 7) is 3.13. The van der Waals surface area contributed by atoms with Gasteiger partial charge in [-0.1, -0.05) is 24.1 Å². The fourth-order valence-electron chi connectivity index (χ4n) is 4.73. The molecule has 0 spiro atoms. The second kappa shape index (κ2) is 10.1. The van der Waals surface area contributed by atoms with Gasteiger partial charge < -0.3 is 10.6 Å². The molecule has 186 valence electrons. The van der Waals surface area contributed by atoms with Gasteiger partial charge in [-0.2, -0.15) is 10.2 Å². The van der Waals surface area contributed by atoms with Crippen LogP contribution in [0.5, 0.6) is 0 Å². The largest absolute Gasteiger partial charge is 0.341 e. The van der Waals surface area contributed by atoms with Gasteiger partial charge in [0.2, 0.25) is 5.95 Å². The fraction of sp³-hybridized carbons (Fsp3) is 0.296. The Labute approximate surface area is 213 Å². The second-order valence-electron chi connectivity index (χ2n) is 8.90. The molecule has 2 N–H and O–H groups in total. The van der Waals surface area contributed by atoms with E-state index in [9.17, 15) is 14.9 Å². The molecular formula is C27H26N8O2. The quantitative estimate of drug-likeness (QED) is 0.418. The highest BCUT2D eigenvalue weighted by Crippen LogP contribution is 2.24. The maximum Gasteiger partial charge on any atom is 0.337 e. The van der Waals surface area contributed by atoms with Crippen molar-refractivity contribution in [3.63, 3.8) is 0 Å². The number of imidazole rings is 1. The normalized spacial score (nSPS) is 15.3. The van der Waals surface area contributed by atoms with Crippen LogP contribution in [0, 0.1) is 23.2 Å². The van der Waals surface area contributed by atoms with Gasteiger partial charge in [0.05, 0.1) is 30.0 Å². The van der Waals surface area contributed by atoms with Gasteiger partial charge in [-0.25, -0.2) is 9.36 Å². The lowest BCUT2D eigenvalue weighted by Crippen LogP contribution is -2.44. The number of nitrogens with two attached hydrogens (primary N) is 1. The summed E-state index contributed by atoms with van der Waals surface area (Å²) < 4.78 is 4.32. The smallest absolute Gasteiger partial charge is 0.337 e. The molecule has 5 rings (SSSR count). The van der Waals surface area contributed by atoms with Crippen LogP contribution in [0.15, 0.2) is 58.3 Å². The van der Waals surface area contributed by atoms with Gasteiger partial charge in [0, 0.05) is 25.3 Å². The average Bonchev–Trinajstić information content (AvgIpc) is 3.30. The molecular weight excluding hydrogens is 468 g/mol. The highest BCUT2D eigenvalue weighted by atomic mass is 16.2. The van der Waals surface area contributed by atoms with Gasteiger partial charge in [-0.3, -0.25) is 18.9 Å². The fourth-order valence-corrected chi connectivity index (χ4v) is 4.73. The molecule has 0 radical (unpaired) electrons. The molecule has 1 aliphatic heterocycles. The van der Waals surface area contributed by atoms with Crippen molar-refractivity contribution in [3.05, 3.63) is 80.8 Å². The lowest BCUT2D eigenvalue weighted by atomic mass is 10.1. The Morgan fingerprint density at radius 3 is 2.68 bits per heavy atom. The first-order chi connectivity index (χ1) is 18.0. The molecule has 1 aliphatic rings. The van der Waals surface area contributed by atoms with Gasteiger partial charge in [-0.15, -0.1) is 5.92 Å². The first kappa shape index (κ1) is 24.0. The minimum absolute atomic E-state index is 0.0131. The summed E-state index contributed by atoms with van der Waals surface area (Å²) in [4.78, 5) is 39.0. The van der Waals surface area contributed by atoms with Crippen molar-refractivity contribution in [2.45, 2.75) is 38.9 Å². The summed E-state index contributed by atoms with van der Waals surface area (Å²) in [6, 6.07) is 14.4. The molecule has 10 nitrogen and oxygen atoms in total. The van der Waals surface area contributed by atoms with Crippen molar-refractivity contribution in [2.24, 2.45) is 5.73 Å². The number of piperidine rings is 1. The zero-order valence-electron chi connectivity index (χ0n) is 20.5. The Kier molecular flexibility index (Phi) is 6.59. The molecule has 1 aromatic carbocycles. The van der Waals surface area contributed by atoms with E-state index in [1.165, 1.54) is 10.8 Å². The molecule has 10 heteroatoms. The Morgan fingerprint density at radius 2 is 1.95 bits per heavy atom. The summed E-state index contributed by atoms with van der Waals surface area (Å²) in [5, 5.41) is 9.54. The molecule has 4 aromatic rings. The van der Waals surface area contributed by atoms with Crippen LogP contribution in [0.1, 0.15) is 31.0 Å². The number of para-hydroxylation sites is 1. The van der Waals surface area contributed by atoms with Crippen LogP contribution in [0.2, 0.25) is 0 Å².